The molecule has 19 heavy (non-hydrogen) atoms. The summed E-state index contributed by atoms with van der Waals surface area (Å²) in [4.78, 5) is 0. The lowest BCUT2D eigenvalue weighted by Gasteiger charge is -2.42. The Morgan fingerprint density at radius 1 is 1.47 bits per heavy atom. The molecule has 1 N–H and O–H groups in total. The van der Waals surface area contributed by atoms with Crippen LogP contribution >= 0.6 is 0 Å². The number of hydrogen-bond donors (Lipinski definition) is 1. The first kappa shape index (κ1) is 14.4. The van der Waals surface area contributed by atoms with Crippen LogP contribution in [0.15, 0.2) is 6.20 Å². The van der Waals surface area contributed by atoms with Crippen LogP contribution in [0.5, 0.6) is 5.75 Å². The molecule has 108 valence electrons. The minimum Gasteiger partial charge on any atom is -0.493 e. The Balaban J connectivity index is 2.56. The number of ether oxygens (including phenoxy) is 1. The summed E-state index contributed by atoms with van der Waals surface area (Å²) in [6, 6.07) is 0. The van der Waals surface area contributed by atoms with Crippen molar-refractivity contribution in [3.05, 3.63) is 11.9 Å². The van der Waals surface area contributed by atoms with E-state index in [1.54, 1.807) is 7.11 Å². The van der Waals surface area contributed by atoms with Crippen molar-refractivity contribution in [2.75, 3.05) is 13.7 Å². The second-order valence-corrected chi connectivity index (χ2v) is 6.47. The van der Waals surface area contributed by atoms with Crippen LogP contribution in [0.4, 0.5) is 0 Å². The minimum atomic E-state index is -0.0377. The maximum absolute atomic E-state index is 5.58. The van der Waals surface area contributed by atoms with Crippen molar-refractivity contribution in [1.29, 1.82) is 0 Å². The van der Waals surface area contributed by atoms with Crippen molar-refractivity contribution in [2.24, 2.45) is 5.41 Å². The van der Waals surface area contributed by atoms with E-state index in [9.17, 15) is 0 Å². The van der Waals surface area contributed by atoms with Gasteiger partial charge in [0.2, 0.25) is 0 Å². The van der Waals surface area contributed by atoms with Gasteiger partial charge in [0.25, 0.3) is 0 Å². The van der Waals surface area contributed by atoms with E-state index in [1.807, 2.05) is 6.20 Å². The molecule has 0 aliphatic carbocycles. The van der Waals surface area contributed by atoms with Gasteiger partial charge in [0.05, 0.1) is 18.8 Å². The fraction of sp³-hybridized carbons (Fsp3) is 0.800. The highest BCUT2D eigenvalue weighted by Crippen LogP contribution is 2.48. The summed E-state index contributed by atoms with van der Waals surface area (Å²) in [6.45, 7) is 11.1. The number of methoxy groups -OCH3 is 1. The zero-order valence-electron chi connectivity index (χ0n) is 12.9. The molecule has 1 aromatic heterocycles. The van der Waals surface area contributed by atoms with E-state index in [-0.39, 0.29) is 11.0 Å². The van der Waals surface area contributed by atoms with Gasteiger partial charge >= 0.3 is 0 Å². The van der Waals surface area contributed by atoms with Gasteiger partial charge in [0.1, 0.15) is 5.69 Å². The van der Waals surface area contributed by atoms with Gasteiger partial charge in [-0.15, -0.1) is 0 Å². The van der Waals surface area contributed by atoms with Crippen LogP contribution in [0.1, 0.15) is 52.7 Å². The van der Waals surface area contributed by atoms with Gasteiger partial charge in [0, 0.05) is 6.54 Å². The number of nitrogens with one attached hydrogen (secondary N) is 1. The largest absolute Gasteiger partial charge is 0.493 e. The van der Waals surface area contributed by atoms with Crippen molar-refractivity contribution in [2.45, 2.75) is 59.0 Å². The Morgan fingerprint density at radius 2 is 2.21 bits per heavy atom. The van der Waals surface area contributed by atoms with Crippen molar-refractivity contribution >= 4 is 0 Å². The van der Waals surface area contributed by atoms with Crippen LogP contribution in [0.25, 0.3) is 0 Å². The summed E-state index contributed by atoms with van der Waals surface area (Å²) in [5.41, 5.74) is 1.31. The summed E-state index contributed by atoms with van der Waals surface area (Å²) in [6.07, 6.45) is 5.29. The van der Waals surface area contributed by atoms with E-state index in [0.29, 0.717) is 0 Å². The molecule has 2 rings (SSSR count). The van der Waals surface area contributed by atoms with Crippen LogP contribution in [0.2, 0.25) is 0 Å². The highest BCUT2D eigenvalue weighted by molar-refractivity contribution is 5.35. The molecule has 0 radical (unpaired) electrons. The van der Waals surface area contributed by atoms with E-state index in [2.05, 4.69) is 42.8 Å². The Morgan fingerprint density at radius 3 is 2.68 bits per heavy atom. The lowest BCUT2D eigenvalue weighted by atomic mass is 9.70. The molecule has 1 atom stereocenters. The first-order chi connectivity index (χ1) is 8.96. The summed E-state index contributed by atoms with van der Waals surface area (Å²) in [5, 5.41) is 8.28. The van der Waals surface area contributed by atoms with Crippen molar-refractivity contribution in [3.8, 4) is 5.75 Å². The number of aryl methyl sites for hydroxylation is 1. The maximum Gasteiger partial charge on any atom is 0.161 e. The summed E-state index contributed by atoms with van der Waals surface area (Å²) in [7, 11) is 1.74. The molecule has 1 aliphatic heterocycles. The molecule has 1 aliphatic rings. The standard InChI is InChI=1S/C15H27N3O/c1-6-10-18-13(12(19-5)11-17-18)15(14(2,3)4)8-7-9-16-15/h11,16H,6-10H2,1-5H3. The zero-order valence-corrected chi connectivity index (χ0v) is 12.9. The van der Waals surface area contributed by atoms with Crippen LogP contribution in [0, 0.1) is 5.41 Å². The SMILES string of the molecule is CCCn1ncc(OC)c1C1(C(C)(C)C)CCCN1. The molecule has 1 fully saturated rings. The van der Waals surface area contributed by atoms with E-state index in [1.165, 1.54) is 12.1 Å². The summed E-state index contributed by atoms with van der Waals surface area (Å²) >= 11 is 0. The molecule has 1 saturated heterocycles. The molecular formula is C15H27N3O. The molecule has 0 spiro atoms. The number of rotatable bonds is 4. The van der Waals surface area contributed by atoms with E-state index < -0.39 is 0 Å². The summed E-state index contributed by atoms with van der Waals surface area (Å²) in [5.74, 6) is 0.915. The molecule has 0 aromatic carbocycles. The maximum atomic E-state index is 5.58. The van der Waals surface area contributed by atoms with Gasteiger partial charge in [-0.1, -0.05) is 27.7 Å². The topological polar surface area (TPSA) is 39.1 Å². The molecule has 1 aromatic rings. The van der Waals surface area contributed by atoms with Gasteiger partial charge in [0.15, 0.2) is 5.75 Å². The minimum absolute atomic E-state index is 0.0377. The smallest absolute Gasteiger partial charge is 0.161 e. The highest BCUT2D eigenvalue weighted by atomic mass is 16.5. The van der Waals surface area contributed by atoms with Crippen molar-refractivity contribution in [1.82, 2.24) is 15.1 Å². The Hall–Kier alpha value is -1.03. The van der Waals surface area contributed by atoms with Gasteiger partial charge in [-0.25, -0.2) is 0 Å². The lowest BCUT2D eigenvalue weighted by Crippen LogP contribution is -2.49. The van der Waals surface area contributed by atoms with Gasteiger partial charge in [-0.3, -0.25) is 4.68 Å². The third-order valence-electron chi connectivity index (χ3n) is 4.30. The fourth-order valence-corrected chi connectivity index (χ4v) is 3.27. The third kappa shape index (κ3) is 2.27. The molecule has 0 bridgehead atoms. The number of aromatic nitrogens is 2. The van der Waals surface area contributed by atoms with Crippen LogP contribution in [0.3, 0.4) is 0 Å². The molecule has 4 heteroatoms. The van der Waals surface area contributed by atoms with Crippen molar-refractivity contribution < 1.29 is 4.74 Å². The molecule has 4 nitrogen and oxygen atoms in total. The lowest BCUT2D eigenvalue weighted by molar-refractivity contribution is 0.143. The first-order valence-electron chi connectivity index (χ1n) is 7.31. The van der Waals surface area contributed by atoms with Gasteiger partial charge in [-0.2, -0.15) is 5.10 Å². The van der Waals surface area contributed by atoms with Crippen LogP contribution < -0.4 is 10.1 Å². The predicted molar refractivity (Wildman–Crippen MR) is 77.4 cm³/mol. The molecule has 1 unspecified atom stereocenters. The van der Waals surface area contributed by atoms with Gasteiger partial charge in [-0.05, 0) is 31.2 Å². The van der Waals surface area contributed by atoms with Crippen LogP contribution in [-0.2, 0) is 12.1 Å². The second-order valence-electron chi connectivity index (χ2n) is 6.47. The quantitative estimate of drug-likeness (QED) is 0.909. The fourth-order valence-electron chi connectivity index (χ4n) is 3.27. The first-order valence-corrected chi connectivity index (χ1v) is 7.31. The van der Waals surface area contributed by atoms with Gasteiger partial charge < -0.3 is 10.1 Å². The Kier molecular flexibility index (Phi) is 3.90. The molecule has 0 amide bonds. The summed E-state index contributed by atoms with van der Waals surface area (Å²) < 4.78 is 7.71. The van der Waals surface area contributed by atoms with E-state index in [4.69, 9.17) is 4.74 Å². The average Bonchev–Trinajstić information content (AvgIpc) is 2.94. The third-order valence-corrected chi connectivity index (χ3v) is 4.30. The number of hydrogen-bond acceptors (Lipinski definition) is 3. The zero-order chi connectivity index (χ0) is 14.1. The monoisotopic (exact) mass is 265 g/mol. The molecular weight excluding hydrogens is 238 g/mol. The molecule has 2 heterocycles. The average molecular weight is 265 g/mol. The highest BCUT2D eigenvalue weighted by Gasteiger charge is 2.49. The van der Waals surface area contributed by atoms with E-state index >= 15 is 0 Å². The Bertz CT molecular complexity index is 425. The van der Waals surface area contributed by atoms with E-state index in [0.717, 1.165) is 31.7 Å². The predicted octanol–water partition coefficient (Wildman–Crippen LogP) is 2.93. The van der Waals surface area contributed by atoms with Crippen molar-refractivity contribution in [3.63, 3.8) is 0 Å². The number of nitrogens with zero attached hydrogens (tertiary/aromatic N) is 2. The Labute approximate surface area is 116 Å². The second kappa shape index (κ2) is 5.16. The normalized spacial score (nSPS) is 23.8. The van der Waals surface area contributed by atoms with Crippen LogP contribution in [-0.4, -0.2) is 23.4 Å². The molecule has 0 saturated carbocycles.